The summed E-state index contributed by atoms with van der Waals surface area (Å²) >= 11 is 4.89. The molecule has 24 heavy (non-hydrogen) atoms. The van der Waals surface area contributed by atoms with Crippen LogP contribution in [0.5, 0.6) is 0 Å². The number of likely N-dealkylation sites (tertiary alicyclic amines) is 1. The lowest BCUT2D eigenvalue weighted by molar-refractivity contribution is 0.0633. The summed E-state index contributed by atoms with van der Waals surface area (Å²) in [6.07, 6.45) is 6.10. The Balaban J connectivity index is 1.57. The van der Waals surface area contributed by atoms with Crippen molar-refractivity contribution in [3.63, 3.8) is 0 Å². The van der Waals surface area contributed by atoms with Crippen molar-refractivity contribution in [1.29, 1.82) is 0 Å². The third kappa shape index (κ3) is 2.69. The lowest BCUT2D eigenvalue weighted by atomic mass is 9.85. The van der Waals surface area contributed by atoms with E-state index in [9.17, 15) is 4.79 Å². The number of fused-ring (bicyclic) bond motifs is 1. The molecule has 1 aromatic heterocycles. The predicted octanol–water partition coefficient (Wildman–Crippen LogP) is 4.19. The van der Waals surface area contributed by atoms with Crippen LogP contribution in [0.15, 0.2) is 28.7 Å². The first-order chi connectivity index (χ1) is 11.6. The summed E-state index contributed by atoms with van der Waals surface area (Å²) in [5.74, 6) is 1.28. The van der Waals surface area contributed by atoms with Gasteiger partial charge < -0.3 is 9.32 Å². The van der Waals surface area contributed by atoms with Gasteiger partial charge in [0.05, 0.1) is 0 Å². The molecule has 6 heteroatoms. The monoisotopic (exact) mass is 343 g/mol. The van der Waals surface area contributed by atoms with Gasteiger partial charge in [0.1, 0.15) is 0 Å². The Morgan fingerprint density at radius 3 is 2.75 bits per heavy atom. The number of benzene rings is 1. The van der Waals surface area contributed by atoms with E-state index in [1.54, 1.807) is 0 Å². The quantitative estimate of drug-likeness (QED) is 0.831. The van der Waals surface area contributed by atoms with Gasteiger partial charge in [-0.2, -0.15) is 0 Å². The molecule has 0 radical (unpaired) electrons. The topological polar surface area (TPSA) is 62.1 Å². The SMILES string of the molecule is CC1CC2CCCCC2N1C(=O)c1ccc(-c2n[nH]c(=S)o2)cc1. The van der Waals surface area contributed by atoms with Crippen LogP contribution >= 0.6 is 12.2 Å². The van der Waals surface area contributed by atoms with E-state index in [-0.39, 0.29) is 10.7 Å². The highest BCUT2D eigenvalue weighted by Crippen LogP contribution is 2.40. The van der Waals surface area contributed by atoms with Gasteiger partial charge in [0, 0.05) is 23.2 Å². The number of aromatic amines is 1. The molecule has 1 aliphatic carbocycles. The molecular formula is C18H21N3O2S. The zero-order valence-corrected chi connectivity index (χ0v) is 14.5. The molecule has 1 saturated carbocycles. The summed E-state index contributed by atoms with van der Waals surface area (Å²) in [4.78, 5) is 15.4. The minimum atomic E-state index is 0.145. The lowest BCUT2D eigenvalue weighted by Gasteiger charge is -2.33. The van der Waals surface area contributed by atoms with Crippen molar-refractivity contribution in [3.05, 3.63) is 34.7 Å². The molecular weight excluding hydrogens is 322 g/mol. The normalized spacial score (nSPS) is 26.4. The van der Waals surface area contributed by atoms with Crippen LogP contribution in [0.25, 0.3) is 11.5 Å². The molecule has 3 unspecified atom stereocenters. The summed E-state index contributed by atoms with van der Waals surface area (Å²) in [5.41, 5.74) is 1.54. The van der Waals surface area contributed by atoms with Crippen molar-refractivity contribution in [3.8, 4) is 11.5 Å². The number of hydrogen-bond donors (Lipinski definition) is 1. The van der Waals surface area contributed by atoms with Gasteiger partial charge in [-0.15, -0.1) is 5.10 Å². The fourth-order valence-corrected chi connectivity index (χ4v) is 4.44. The maximum atomic E-state index is 13.0. The maximum absolute atomic E-state index is 13.0. The van der Waals surface area contributed by atoms with Gasteiger partial charge in [-0.1, -0.05) is 12.8 Å². The lowest BCUT2D eigenvalue weighted by Crippen LogP contribution is -2.42. The summed E-state index contributed by atoms with van der Waals surface area (Å²) < 4.78 is 5.31. The number of aromatic nitrogens is 2. The second kappa shape index (κ2) is 6.16. The summed E-state index contributed by atoms with van der Waals surface area (Å²) in [6, 6.07) is 8.18. The van der Waals surface area contributed by atoms with Gasteiger partial charge >= 0.3 is 0 Å². The Hall–Kier alpha value is -1.95. The zero-order valence-electron chi connectivity index (χ0n) is 13.7. The minimum absolute atomic E-state index is 0.145. The second-order valence-electron chi connectivity index (χ2n) is 6.90. The number of H-pyrrole nitrogens is 1. The highest BCUT2D eigenvalue weighted by atomic mass is 32.1. The predicted molar refractivity (Wildman–Crippen MR) is 93.1 cm³/mol. The number of rotatable bonds is 2. The van der Waals surface area contributed by atoms with E-state index in [1.165, 1.54) is 19.3 Å². The van der Waals surface area contributed by atoms with E-state index in [0.29, 0.717) is 23.9 Å². The molecule has 0 spiro atoms. The maximum Gasteiger partial charge on any atom is 0.284 e. The first-order valence-electron chi connectivity index (χ1n) is 8.62. The van der Waals surface area contributed by atoms with Crippen molar-refractivity contribution in [2.24, 2.45) is 5.92 Å². The van der Waals surface area contributed by atoms with Crippen LogP contribution in [-0.4, -0.2) is 33.1 Å². The van der Waals surface area contributed by atoms with E-state index >= 15 is 0 Å². The molecule has 3 atom stereocenters. The van der Waals surface area contributed by atoms with Crippen LogP contribution in [0.3, 0.4) is 0 Å². The van der Waals surface area contributed by atoms with Crippen LogP contribution in [0.2, 0.25) is 0 Å². The Labute approximate surface area is 146 Å². The molecule has 4 rings (SSSR count). The first kappa shape index (κ1) is 15.6. The molecule has 1 amide bonds. The fourth-order valence-electron chi connectivity index (χ4n) is 4.32. The Morgan fingerprint density at radius 1 is 1.29 bits per heavy atom. The van der Waals surface area contributed by atoms with Crippen LogP contribution in [0, 0.1) is 10.8 Å². The van der Waals surface area contributed by atoms with Gasteiger partial charge in [0.25, 0.3) is 10.7 Å². The molecule has 1 aliphatic heterocycles. The van der Waals surface area contributed by atoms with Crippen LogP contribution in [-0.2, 0) is 0 Å². The third-order valence-corrected chi connectivity index (χ3v) is 5.57. The first-order valence-corrected chi connectivity index (χ1v) is 9.03. The van der Waals surface area contributed by atoms with E-state index in [1.807, 2.05) is 24.3 Å². The van der Waals surface area contributed by atoms with E-state index in [2.05, 4.69) is 22.0 Å². The molecule has 2 fully saturated rings. The number of hydrogen-bond acceptors (Lipinski definition) is 4. The van der Waals surface area contributed by atoms with Crippen molar-refractivity contribution in [2.75, 3.05) is 0 Å². The average Bonchev–Trinajstić information content (AvgIpc) is 3.17. The second-order valence-corrected chi connectivity index (χ2v) is 7.28. The molecule has 2 aromatic rings. The fraction of sp³-hybridized carbons (Fsp3) is 0.500. The molecule has 126 valence electrons. The third-order valence-electron chi connectivity index (χ3n) is 5.40. The van der Waals surface area contributed by atoms with Crippen molar-refractivity contribution in [2.45, 2.75) is 51.1 Å². The van der Waals surface area contributed by atoms with Gasteiger partial charge in [0.15, 0.2) is 0 Å². The van der Waals surface area contributed by atoms with Gasteiger partial charge in [-0.05, 0) is 68.6 Å². The van der Waals surface area contributed by atoms with Crippen molar-refractivity contribution >= 4 is 18.1 Å². The van der Waals surface area contributed by atoms with Crippen LogP contribution in [0.4, 0.5) is 0 Å². The van der Waals surface area contributed by atoms with Crippen molar-refractivity contribution in [1.82, 2.24) is 15.1 Å². The van der Waals surface area contributed by atoms with Crippen LogP contribution in [0.1, 0.15) is 49.4 Å². The number of nitrogens with zero attached hydrogens (tertiary/aromatic N) is 2. The molecule has 0 bridgehead atoms. The molecule has 1 aromatic carbocycles. The molecule has 1 N–H and O–H groups in total. The smallest absolute Gasteiger partial charge is 0.284 e. The standard InChI is InChI=1S/C18H21N3O2S/c1-11-10-14-4-2-3-5-15(14)21(11)17(22)13-8-6-12(7-9-13)16-19-20-18(24)23-16/h6-9,11,14-15H,2-5,10H2,1H3,(H,20,24). The molecule has 5 nitrogen and oxygen atoms in total. The van der Waals surface area contributed by atoms with E-state index < -0.39 is 0 Å². The number of nitrogens with one attached hydrogen (secondary N) is 1. The summed E-state index contributed by atoms with van der Waals surface area (Å²) in [5, 5.41) is 6.62. The summed E-state index contributed by atoms with van der Waals surface area (Å²) in [7, 11) is 0. The van der Waals surface area contributed by atoms with Gasteiger partial charge in [-0.3, -0.25) is 4.79 Å². The highest BCUT2D eigenvalue weighted by Gasteiger charge is 2.42. The Morgan fingerprint density at radius 2 is 2.04 bits per heavy atom. The summed E-state index contributed by atoms with van der Waals surface area (Å²) in [6.45, 7) is 2.18. The highest BCUT2D eigenvalue weighted by molar-refractivity contribution is 7.71. The van der Waals surface area contributed by atoms with Crippen molar-refractivity contribution < 1.29 is 9.21 Å². The molecule has 2 heterocycles. The van der Waals surface area contributed by atoms with Gasteiger partial charge in [0.2, 0.25) is 5.89 Å². The van der Waals surface area contributed by atoms with Gasteiger partial charge in [-0.25, -0.2) is 5.10 Å². The van der Waals surface area contributed by atoms with E-state index in [4.69, 9.17) is 16.6 Å². The van der Waals surface area contributed by atoms with E-state index in [0.717, 1.165) is 24.0 Å². The number of carbonyl (C=O) groups excluding carboxylic acids is 1. The number of carbonyl (C=O) groups is 1. The number of amides is 1. The largest absolute Gasteiger partial charge is 0.409 e. The Bertz CT molecular complexity index is 795. The average molecular weight is 343 g/mol. The minimum Gasteiger partial charge on any atom is -0.409 e. The Kier molecular flexibility index (Phi) is 4.00. The zero-order chi connectivity index (χ0) is 16.7. The molecule has 1 saturated heterocycles. The van der Waals surface area contributed by atoms with Crippen LogP contribution < -0.4 is 0 Å². The molecule has 2 aliphatic rings.